The number of aliphatic carboxylic acids is 1. The van der Waals surface area contributed by atoms with Crippen LogP contribution in [-0.4, -0.2) is 41.3 Å². The molecular weight excluding hydrogens is 350 g/mol. The minimum absolute atomic E-state index is 0.0403. The van der Waals surface area contributed by atoms with Crippen LogP contribution >= 0.6 is 11.8 Å². The molecule has 0 aliphatic heterocycles. The molecule has 0 saturated carbocycles. The van der Waals surface area contributed by atoms with E-state index in [9.17, 15) is 14.7 Å². The SMILES string of the molecule is CCSCC(NC(=O)OCC1c2ccccc2-c2ccccc21)C(=O)O. The maximum Gasteiger partial charge on any atom is 0.407 e. The van der Waals surface area contributed by atoms with Crippen LogP contribution in [0.25, 0.3) is 11.1 Å². The zero-order chi connectivity index (χ0) is 18.5. The number of amides is 1. The van der Waals surface area contributed by atoms with Crippen LogP contribution in [0, 0.1) is 0 Å². The molecule has 0 radical (unpaired) electrons. The molecular formula is C20H21NO4S. The number of carbonyl (C=O) groups is 2. The lowest BCUT2D eigenvalue weighted by molar-refractivity contribution is -0.138. The van der Waals surface area contributed by atoms with Crippen molar-refractivity contribution < 1.29 is 19.4 Å². The van der Waals surface area contributed by atoms with Gasteiger partial charge in [-0.2, -0.15) is 11.8 Å². The second-order valence-electron chi connectivity index (χ2n) is 6.02. The summed E-state index contributed by atoms with van der Waals surface area (Å²) in [6.07, 6.45) is -0.698. The summed E-state index contributed by atoms with van der Waals surface area (Å²) in [6.45, 7) is 2.12. The van der Waals surface area contributed by atoms with Crippen molar-refractivity contribution >= 4 is 23.8 Å². The second-order valence-corrected chi connectivity index (χ2v) is 7.34. The number of benzene rings is 2. The standard InChI is InChI=1S/C20H21NO4S/c1-2-26-12-18(19(22)23)21-20(24)25-11-17-15-9-5-3-7-13(15)14-8-4-6-10-16(14)17/h3-10,17-18H,2,11-12H2,1H3,(H,21,24)(H,22,23). The zero-order valence-corrected chi connectivity index (χ0v) is 15.3. The van der Waals surface area contributed by atoms with Crippen molar-refractivity contribution in [2.75, 3.05) is 18.1 Å². The van der Waals surface area contributed by atoms with Gasteiger partial charge in [0.05, 0.1) is 0 Å². The van der Waals surface area contributed by atoms with Gasteiger partial charge >= 0.3 is 12.1 Å². The van der Waals surface area contributed by atoms with E-state index in [4.69, 9.17) is 4.74 Å². The molecule has 0 spiro atoms. The average molecular weight is 371 g/mol. The summed E-state index contributed by atoms with van der Waals surface area (Å²) < 4.78 is 5.38. The van der Waals surface area contributed by atoms with Gasteiger partial charge in [0.25, 0.3) is 0 Å². The molecule has 0 fully saturated rings. The first-order chi connectivity index (χ1) is 12.6. The molecule has 5 nitrogen and oxygen atoms in total. The molecule has 2 aromatic carbocycles. The van der Waals surface area contributed by atoms with Crippen LogP contribution in [0.4, 0.5) is 4.79 Å². The minimum Gasteiger partial charge on any atom is -0.480 e. The molecule has 0 bridgehead atoms. The van der Waals surface area contributed by atoms with Gasteiger partial charge in [-0.25, -0.2) is 9.59 Å². The molecule has 136 valence electrons. The molecule has 1 amide bonds. The lowest BCUT2D eigenvalue weighted by atomic mass is 9.98. The van der Waals surface area contributed by atoms with Crippen LogP contribution < -0.4 is 5.32 Å². The fourth-order valence-corrected chi connectivity index (χ4v) is 3.89. The maximum atomic E-state index is 12.1. The van der Waals surface area contributed by atoms with Crippen LogP contribution in [0.1, 0.15) is 24.0 Å². The number of ether oxygens (including phenoxy) is 1. The van der Waals surface area contributed by atoms with E-state index >= 15 is 0 Å². The van der Waals surface area contributed by atoms with E-state index in [0.717, 1.165) is 28.0 Å². The van der Waals surface area contributed by atoms with Crippen molar-refractivity contribution in [3.63, 3.8) is 0 Å². The number of fused-ring (bicyclic) bond motifs is 3. The smallest absolute Gasteiger partial charge is 0.407 e. The van der Waals surface area contributed by atoms with E-state index in [2.05, 4.69) is 17.4 Å². The summed E-state index contributed by atoms with van der Waals surface area (Å²) in [5.41, 5.74) is 4.55. The Labute approximate surface area is 156 Å². The van der Waals surface area contributed by atoms with Gasteiger partial charge in [-0.15, -0.1) is 0 Å². The number of nitrogens with one attached hydrogen (secondary N) is 1. The summed E-state index contributed by atoms with van der Waals surface area (Å²) in [7, 11) is 0. The number of hydrogen-bond donors (Lipinski definition) is 2. The van der Waals surface area contributed by atoms with Crippen LogP contribution in [0.5, 0.6) is 0 Å². The first-order valence-electron chi connectivity index (χ1n) is 8.54. The minimum atomic E-state index is -1.06. The lowest BCUT2D eigenvalue weighted by Crippen LogP contribution is -2.43. The van der Waals surface area contributed by atoms with Gasteiger partial charge in [0.2, 0.25) is 0 Å². The van der Waals surface area contributed by atoms with Gasteiger partial charge in [-0.05, 0) is 28.0 Å². The Morgan fingerprint density at radius 3 is 2.23 bits per heavy atom. The summed E-state index contributed by atoms with van der Waals surface area (Å²) in [4.78, 5) is 23.3. The van der Waals surface area contributed by atoms with Gasteiger partial charge in [-0.3, -0.25) is 0 Å². The molecule has 0 heterocycles. The predicted octanol–water partition coefficient (Wildman–Crippen LogP) is 3.73. The first-order valence-corrected chi connectivity index (χ1v) is 9.69. The first kappa shape index (κ1) is 18.3. The molecule has 1 aliphatic rings. The number of carbonyl (C=O) groups excluding carboxylic acids is 1. The molecule has 1 aliphatic carbocycles. The Kier molecular flexibility index (Phi) is 5.83. The quantitative estimate of drug-likeness (QED) is 0.776. The van der Waals surface area contributed by atoms with Crippen LogP contribution in [0.2, 0.25) is 0 Å². The molecule has 26 heavy (non-hydrogen) atoms. The van der Waals surface area contributed by atoms with E-state index in [-0.39, 0.29) is 12.5 Å². The zero-order valence-electron chi connectivity index (χ0n) is 14.5. The highest BCUT2D eigenvalue weighted by atomic mass is 32.2. The lowest BCUT2D eigenvalue weighted by Gasteiger charge is -2.17. The third-order valence-electron chi connectivity index (χ3n) is 4.42. The van der Waals surface area contributed by atoms with Gasteiger partial charge in [-0.1, -0.05) is 55.5 Å². The molecule has 2 N–H and O–H groups in total. The number of thioether (sulfide) groups is 1. The molecule has 3 rings (SSSR count). The Morgan fingerprint density at radius 1 is 1.12 bits per heavy atom. The van der Waals surface area contributed by atoms with Gasteiger partial charge in [0.15, 0.2) is 0 Å². The van der Waals surface area contributed by atoms with Crippen molar-refractivity contribution in [2.45, 2.75) is 18.9 Å². The normalized spacial score (nSPS) is 13.6. The molecule has 1 unspecified atom stereocenters. The van der Waals surface area contributed by atoms with Gasteiger partial charge < -0.3 is 15.2 Å². The number of carboxylic acid groups (broad SMARTS) is 1. The Balaban J connectivity index is 1.68. The fraction of sp³-hybridized carbons (Fsp3) is 0.300. The number of rotatable bonds is 7. The third-order valence-corrected chi connectivity index (χ3v) is 5.40. The largest absolute Gasteiger partial charge is 0.480 e. The third kappa shape index (κ3) is 3.85. The monoisotopic (exact) mass is 371 g/mol. The van der Waals surface area contributed by atoms with Crippen molar-refractivity contribution in [2.24, 2.45) is 0 Å². The van der Waals surface area contributed by atoms with Gasteiger partial charge in [0.1, 0.15) is 12.6 Å². The van der Waals surface area contributed by atoms with Crippen LogP contribution in [0.15, 0.2) is 48.5 Å². The van der Waals surface area contributed by atoms with E-state index in [1.807, 2.05) is 43.3 Å². The Hall–Kier alpha value is -2.47. The number of alkyl carbamates (subject to hydrolysis) is 1. The fourth-order valence-electron chi connectivity index (χ4n) is 3.19. The van der Waals surface area contributed by atoms with E-state index in [1.54, 1.807) is 0 Å². The highest BCUT2D eigenvalue weighted by Crippen LogP contribution is 2.44. The summed E-state index contributed by atoms with van der Waals surface area (Å²) >= 11 is 1.46. The van der Waals surface area contributed by atoms with E-state index in [1.165, 1.54) is 11.8 Å². The number of hydrogen-bond acceptors (Lipinski definition) is 4. The summed E-state index contributed by atoms with van der Waals surface area (Å²) in [6, 6.07) is 15.2. The molecule has 6 heteroatoms. The predicted molar refractivity (Wildman–Crippen MR) is 103 cm³/mol. The number of carboxylic acids is 1. The van der Waals surface area contributed by atoms with Gasteiger partial charge in [0, 0.05) is 11.7 Å². The summed E-state index contributed by atoms with van der Waals surface area (Å²) in [5.74, 6) is 0.00697. The molecule has 1 atom stereocenters. The summed E-state index contributed by atoms with van der Waals surface area (Å²) in [5, 5.41) is 11.6. The highest BCUT2D eigenvalue weighted by Gasteiger charge is 2.29. The average Bonchev–Trinajstić information content (AvgIpc) is 2.97. The molecule has 2 aromatic rings. The van der Waals surface area contributed by atoms with Crippen LogP contribution in [0.3, 0.4) is 0 Å². The highest BCUT2D eigenvalue weighted by molar-refractivity contribution is 7.99. The molecule has 0 saturated heterocycles. The van der Waals surface area contributed by atoms with Crippen molar-refractivity contribution in [3.05, 3.63) is 59.7 Å². The van der Waals surface area contributed by atoms with E-state index in [0.29, 0.717) is 5.75 Å². The second kappa shape index (κ2) is 8.27. The Bertz CT molecular complexity index is 762. The van der Waals surface area contributed by atoms with Crippen molar-refractivity contribution in [1.82, 2.24) is 5.32 Å². The molecule has 0 aromatic heterocycles. The van der Waals surface area contributed by atoms with Crippen LogP contribution in [-0.2, 0) is 9.53 Å². The Morgan fingerprint density at radius 2 is 1.69 bits per heavy atom. The van der Waals surface area contributed by atoms with Crippen molar-refractivity contribution in [1.29, 1.82) is 0 Å². The topological polar surface area (TPSA) is 75.6 Å². The van der Waals surface area contributed by atoms with Crippen molar-refractivity contribution in [3.8, 4) is 11.1 Å². The van der Waals surface area contributed by atoms with E-state index < -0.39 is 18.1 Å². The maximum absolute atomic E-state index is 12.1.